The fourth-order valence-corrected chi connectivity index (χ4v) is 4.24. The largest absolute Gasteiger partial charge is 0.337 e. The highest BCUT2D eigenvalue weighted by atomic mass is 35.5. The number of anilines is 2. The van der Waals surface area contributed by atoms with Crippen LogP contribution in [0.15, 0.2) is 45.8 Å². The molecule has 0 bridgehead atoms. The van der Waals surface area contributed by atoms with Crippen LogP contribution < -0.4 is 9.91 Å². The summed E-state index contributed by atoms with van der Waals surface area (Å²) in [6, 6.07) is 7.87. The first kappa shape index (κ1) is 15.8. The van der Waals surface area contributed by atoms with Crippen molar-refractivity contribution in [2.24, 2.45) is 10.9 Å². The molecule has 4 heterocycles. The first-order chi connectivity index (χ1) is 13.7. The molecule has 0 N–H and O–H groups in total. The van der Waals surface area contributed by atoms with Crippen LogP contribution in [-0.2, 0) is 0 Å². The lowest BCUT2D eigenvalue weighted by molar-refractivity contribution is 0.369. The molecule has 1 aromatic carbocycles. The summed E-state index contributed by atoms with van der Waals surface area (Å²) in [4.78, 5) is 12.6. The van der Waals surface area contributed by atoms with Crippen LogP contribution in [0.2, 0.25) is 0 Å². The Morgan fingerprint density at radius 1 is 1.32 bits per heavy atom. The number of halogens is 1. The maximum absolute atomic E-state index is 9.47. The first-order valence-electron chi connectivity index (χ1n) is 9.05. The SMILES string of the molecule is CC1CC1c1nc(N2CN=C3c4ccccc4N4C(=CN(C#N)C4Cl)N32)no1. The van der Waals surface area contributed by atoms with Crippen molar-refractivity contribution in [2.75, 3.05) is 16.6 Å². The van der Waals surface area contributed by atoms with Gasteiger partial charge in [0.05, 0.1) is 11.9 Å². The van der Waals surface area contributed by atoms with Crippen LogP contribution in [0.5, 0.6) is 0 Å². The molecular weight excluding hydrogens is 380 g/mol. The maximum atomic E-state index is 9.47. The van der Waals surface area contributed by atoms with Crippen molar-refractivity contribution in [2.45, 2.75) is 24.9 Å². The van der Waals surface area contributed by atoms with Gasteiger partial charge in [0.2, 0.25) is 5.89 Å². The quantitative estimate of drug-likeness (QED) is 0.436. The van der Waals surface area contributed by atoms with E-state index in [2.05, 4.69) is 23.3 Å². The van der Waals surface area contributed by atoms with Gasteiger partial charge in [-0.15, -0.1) is 0 Å². The number of amidine groups is 1. The summed E-state index contributed by atoms with van der Waals surface area (Å²) in [6.07, 6.45) is 4.90. The molecule has 1 saturated carbocycles. The number of fused-ring (bicyclic) bond motifs is 6. The van der Waals surface area contributed by atoms with Gasteiger partial charge >= 0.3 is 0 Å². The number of alkyl halides is 1. The van der Waals surface area contributed by atoms with Crippen LogP contribution in [0.1, 0.15) is 30.7 Å². The highest BCUT2D eigenvalue weighted by molar-refractivity contribution is 6.23. The average Bonchev–Trinajstić information content (AvgIpc) is 3.11. The summed E-state index contributed by atoms with van der Waals surface area (Å²) in [7, 11) is 0. The Morgan fingerprint density at radius 2 is 2.14 bits per heavy atom. The number of hydrogen-bond donors (Lipinski definition) is 0. The number of benzene rings is 1. The highest BCUT2D eigenvalue weighted by Gasteiger charge is 2.47. The van der Waals surface area contributed by atoms with Crippen LogP contribution in [0.3, 0.4) is 0 Å². The van der Waals surface area contributed by atoms with Gasteiger partial charge < -0.3 is 4.52 Å². The fraction of sp³-hybridized carbons (Fsp3) is 0.333. The molecule has 10 heteroatoms. The Morgan fingerprint density at radius 3 is 2.93 bits per heavy atom. The second-order valence-electron chi connectivity index (χ2n) is 7.28. The van der Waals surface area contributed by atoms with Gasteiger partial charge in [-0.05, 0) is 29.6 Å². The van der Waals surface area contributed by atoms with E-state index in [1.807, 2.05) is 39.2 Å². The Hall–Kier alpha value is -3.25. The van der Waals surface area contributed by atoms with Crippen LogP contribution in [0.25, 0.3) is 0 Å². The van der Waals surface area contributed by atoms with Crippen molar-refractivity contribution in [3.63, 3.8) is 0 Å². The minimum Gasteiger partial charge on any atom is -0.337 e. The molecule has 28 heavy (non-hydrogen) atoms. The molecule has 9 nitrogen and oxygen atoms in total. The van der Waals surface area contributed by atoms with Crippen LogP contribution >= 0.6 is 11.6 Å². The van der Waals surface area contributed by atoms with E-state index < -0.39 is 5.62 Å². The molecule has 1 aliphatic carbocycles. The third-order valence-electron chi connectivity index (χ3n) is 5.57. The topological polar surface area (TPSA) is 88.0 Å². The lowest BCUT2D eigenvalue weighted by Gasteiger charge is -2.40. The summed E-state index contributed by atoms with van der Waals surface area (Å²) in [5.74, 6) is 3.54. The third-order valence-corrected chi connectivity index (χ3v) is 5.97. The average molecular weight is 395 g/mol. The summed E-state index contributed by atoms with van der Waals surface area (Å²) in [5, 5.41) is 17.4. The van der Waals surface area contributed by atoms with Crippen LogP contribution in [0.4, 0.5) is 11.6 Å². The van der Waals surface area contributed by atoms with E-state index in [4.69, 9.17) is 21.1 Å². The number of aromatic nitrogens is 2. The molecule has 3 unspecified atom stereocenters. The van der Waals surface area contributed by atoms with Gasteiger partial charge in [0.25, 0.3) is 5.95 Å². The molecule has 2 aromatic rings. The number of hydrazine groups is 1. The Bertz CT molecular complexity index is 1090. The zero-order valence-corrected chi connectivity index (χ0v) is 15.7. The first-order valence-corrected chi connectivity index (χ1v) is 9.49. The van der Waals surface area contributed by atoms with Crippen molar-refractivity contribution in [1.82, 2.24) is 20.0 Å². The number of hydrogen-bond acceptors (Lipinski definition) is 9. The standard InChI is InChI=1S/C18H15ClN8O/c1-10-6-12(10)16-22-18(23-28-16)25-9-21-15-11-4-2-3-5-13(11)26-14(27(15)25)7-24(8-20)17(26)19/h2-5,7,10,12,17H,6,9H2,1H3. The van der Waals surface area contributed by atoms with E-state index in [1.54, 1.807) is 6.20 Å². The van der Waals surface area contributed by atoms with E-state index in [9.17, 15) is 5.26 Å². The molecule has 1 fully saturated rings. The van der Waals surface area contributed by atoms with Gasteiger partial charge in [0, 0.05) is 11.5 Å². The van der Waals surface area contributed by atoms with Crippen LogP contribution in [-0.4, -0.2) is 38.2 Å². The summed E-state index contributed by atoms with van der Waals surface area (Å²) in [6.45, 7) is 2.53. The highest BCUT2D eigenvalue weighted by Crippen LogP contribution is 2.47. The van der Waals surface area contributed by atoms with Crippen LogP contribution in [0, 0.1) is 17.4 Å². The molecule has 0 spiro atoms. The van der Waals surface area contributed by atoms with Gasteiger partial charge in [-0.3, -0.25) is 4.90 Å². The molecule has 0 amide bonds. The minimum absolute atomic E-state index is 0.342. The summed E-state index contributed by atoms with van der Waals surface area (Å²) >= 11 is 6.58. The summed E-state index contributed by atoms with van der Waals surface area (Å²) < 4.78 is 5.49. The maximum Gasteiger partial charge on any atom is 0.287 e. The number of nitriles is 1. The molecule has 4 aliphatic rings. The number of rotatable bonds is 2. The molecule has 3 aliphatic heterocycles. The zero-order chi connectivity index (χ0) is 19.0. The second-order valence-corrected chi connectivity index (χ2v) is 7.67. The summed E-state index contributed by atoms with van der Waals surface area (Å²) in [5.41, 5.74) is 1.19. The van der Waals surface area contributed by atoms with E-state index in [1.165, 1.54) is 4.90 Å². The Labute approximate surface area is 165 Å². The van der Waals surface area contributed by atoms with Crippen molar-refractivity contribution in [1.29, 1.82) is 5.26 Å². The number of para-hydroxylation sites is 1. The van der Waals surface area contributed by atoms with Crippen molar-refractivity contribution >= 4 is 29.1 Å². The molecule has 3 atom stereocenters. The lowest BCUT2D eigenvalue weighted by atomic mass is 10.1. The third kappa shape index (κ3) is 1.98. The Kier molecular flexibility index (Phi) is 3.04. The smallest absolute Gasteiger partial charge is 0.287 e. The molecule has 6 rings (SSSR count). The molecule has 1 aromatic heterocycles. The number of aliphatic imine (C=N–C) groups is 1. The predicted molar refractivity (Wildman–Crippen MR) is 101 cm³/mol. The monoisotopic (exact) mass is 394 g/mol. The minimum atomic E-state index is -0.654. The van der Waals surface area contributed by atoms with Gasteiger partial charge in [-0.2, -0.15) is 10.2 Å². The van der Waals surface area contributed by atoms with Gasteiger partial charge in [0.1, 0.15) is 6.67 Å². The zero-order valence-electron chi connectivity index (χ0n) is 14.9. The lowest BCUT2D eigenvalue weighted by Crippen LogP contribution is -2.50. The van der Waals surface area contributed by atoms with E-state index in [-0.39, 0.29) is 0 Å². The van der Waals surface area contributed by atoms with E-state index in [0.29, 0.717) is 30.3 Å². The fourth-order valence-electron chi connectivity index (χ4n) is 3.94. The number of nitrogens with zero attached hydrogens (tertiary/aromatic N) is 8. The van der Waals surface area contributed by atoms with Gasteiger partial charge in [-0.25, -0.2) is 19.9 Å². The van der Waals surface area contributed by atoms with Gasteiger partial charge in [0.15, 0.2) is 23.5 Å². The van der Waals surface area contributed by atoms with Crippen molar-refractivity contribution in [3.05, 3.63) is 47.7 Å². The van der Waals surface area contributed by atoms with E-state index >= 15 is 0 Å². The molecule has 140 valence electrons. The van der Waals surface area contributed by atoms with Gasteiger partial charge in [-0.1, -0.05) is 30.7 Å². The molecule has 0 radical (unpaired) electrons. The second kappa shape index (κ2) is 5.39. The Balaban J connectivity index is 1.45. The normalized spacial score (nSPS) is 27.1. The van der Waals surface area contributed by atoms with Crippen molar-refractivity contribution < 1.29 is 4.52 Å². The molecular formula is C18H15ClN8O. The predicted octanol–water partition coefficient (Wildman–Crippen LogP) is 2.57. The van der Waals surface area contributed by atoms with Crippen molar-refractivity contribution in [3.8, 4) is 6.19 Å². The molecule has 0 saturated heterocycles. The van der Waals surface area contributed by atoms with E-state index in [0.717, 1.165) is 29.3 Å².